The molecule has 1 aromatic rings. The second kappa shape index (κ2) is 6.83. The molecule has 6 nitrogen and oxygen atoms in total. The lowest BCUT2D eigenvalue weighted by molar-refractivity contribution is -0.140. The molecule has 0 aromatic carbocycles. The van der Waals surface area contributed by atoms with Gasteiger partial charge in [0.05, 0.1) is 13.5 Å². The predicted octanol–water partition coefficient (Wildman–Crippen LogP) is 1.31. The van der Waals surface area contributed by atoms with Crippen LogP contribution in [0.3, 0.4) is 0 Å². The molecule has 1 rings (SSSR count). The maximum Gasteiger partial charge on any atom is 0.306 e. The van der Waals surface area contributed by atoms with Gasteiger partial charge in [0.1, 0.15) is 10.0 Å². The Morgan fingerprint density at radius 3 is 2.74 bits per heavy atom. The van der Waals surface area contributed by atoms with E-state index in [1.807, 2.05) is 0 Å². The predicted molar refractivity (Wildman–Crippen MR) is 70.3 cm³/mol. The van der Waals surface area contributed by atoms with Crippen LogP contribution in [-0.4, -0.2) is 43.9 Å². The summed E-state index contributed by atoms with van der Waals surface area (Å²) in [5.74, 6) is -0.467. The zero-order chi connectivity index (χ0) is 14.5. The Labute approximate surface area is 117 Å². The smallest absolute Gasteiger partial charge is 0.306 e. The van der Waals surface area contributed by atoms with Crippen molar-refractivity contribution in [1.29, 1.82) is 0 Å². The zero-order valence-electron chi connectivity index (χ0n) is 10.7. The summed E-state index contributed by atoms with van der Waals surface area (Å²) in [6.07, 6.45) is 1.40. The number of nitrogens with zero attached hydrogens (tertiary/aromatic N) is 2. The average Bonchev–Trinajstić information content (AvgIpc) is 2.39. The Kier molecular flexibility index (Phi) is 5.71. The Bertz CT molecular complexity index is 547. The van der Waals surface area contributed by atoms with Gasteiger partial charge >= 0.3 is 5.97 Å². The monoisotopic (exact) mass is 306 g/mol. The minimum atomic E-state index is -3.75. The van der Waals surface area contributed by atoms with Crippen molar-refractivity contribution in [3.8, 4) is 0 Å². The summed E-state index contributed by atoms with van der Waals surface area (Å²) in [6.45, 7) is 1.94. The Morgan fingerprint density at radius 1 is 1.53 bits per heavy atom. The van der Waals surface area contributed by atoms with Crippen LogP contribution in [0.1, 0.15) is 13.3 Å². The molecule has 0 saturated heterocycles. The number of hydrogen-bond donors (Lipinski definition) is 0. The van der Waals surface area contributed by atoms with E-state index in [2.05, 4.69) is 9.72 Å². The van der Waals surface area contributed by atoms with Crippen molar-refractivity contribution in [2.45, 2.75) is 18.2 Å². The molecular weight excluding hydrogens is 292 g/mol. The topological polar surface area (TPSA) is 76.6 Å². The molecule has 19 heavy (non-hydrogen) atoms. The lowest BCUT2D eigenvalue weighted by Gasteiger charge is -2.20. The van der Waals surface area contributed by atoms with Gasteiger partial charge in [-0.2, -0.15) is 4.31 Å². The number of carbonyl (C=O) groups is 1. The number of esters is 1. The zero-order valence-corrected chi connectivity index (χ0v) is 12.2. The van der Waals surface area contributed by atoms with Crippen molar-refractivity contribution in [3.63, 3.8) is 0 Å². The molecule has 0 amide bonds. The van der Waals surface area contributed by atoms with E-state index in [-0.39, 0.29) is 29.6 Å². The van der Waals surface area contributed by atoms with E-state index >= 15 is 0 Å². The third-order valence-electron chi connectivity index (χ3n) is 2.49. The Morgan fingerprint density at radius 2 is 2.21 bits per heavy atom. The molecule has 0 aliphatic heterocycles. The average molecular weight is 307 g/mol. The van der Waals surface area contributed by atoms with E-state index in [0.717, 1.165) is 4.31 Å². The number of ether oxygens (including phenoxy) is 1. The van der Waals surface area contributed by atoms with Crippen LogP contribution in [-0.2, 0) is 19.6 Å². The van der Waals surface area contributed by atoms with Crippen LogP contribution in [0.2, 0.25) is 5.15 Å². The minimum Gasteiger partial charge on any atom is -0.469 e. The highest BCUT2D eigenvalue weighted by atomic mass is 35.5. The normalized spacial score (nSPS) is 11.6. The molecule has 0 atom stereocenters. The van der Waals surface area contributed by atoms with Crippen LogP contribution in [0.15, 0.2) is 23.2 Å². The van der Waals surface area contributed by atoms with Gasteiger partial charge in [0.2, 0.25) is 10.0 Å². The van der Waals surface area contributed by atoms with Crippen molar-refractivity contribution >= 4 is 27.6 Å². The number of hydrogen-bond acceptors (Lipinski definition) is 5. The summed E-state index contributed by atoms with van der Waals surface area (Å²) < 4.78 is 30.3. The van der Waals surface area contributed by atoms with E-state index in [4.69, 9.17) is 11.6 Å². The number of sulfonamides is 1. The molecule has 0 spiro atoms. The van der Waals surface area contributed by atoms with Gasteiger partial charge < -0.3 is 4.74 Å². The fourth-order valence-corrected chi connectivity index (χ4v) is 3.35. The van der Waals surface area contributed by atoms with Crippen LogP contribution in [0.5, 0.6) is 0 Å². The van der Waals surface area contributed by atoms with Gasteiger partial charge in [-0.1, -0.05) is 18.5 Å². The highest BCUT2D eigenvalue weighted by molar-refractivity contribution is 7.89. The number of aromatic nitrogens is 1. The molecule has 0 saturated carbocycles. The summed E-state index contributed by atoms with van der Waals surface area (Å²) >= 11 is 5.79. The number of methoxy groups -OCH3 is 1. The molecule has 0 fully saturated rings. The Balaban J connectivity index is 2.97. The van der Waals surface area contributed by atoms with Crippen LogP contribution in [0.25, 0.3) is 0 Å². The first-order valence-electron chi connectivity index (χ1n) is 5.61. The molecule has 1 aromatic heterocycles. The molecular formula is C11H15ClN2O4S. The molecule has 0 aliphatic rings. The minimum absolute atomic E-state index is 0.0124. The number of pyridine rings is 1. The van der Waals surface area contributed by atoms with Crippen molar-refractivity contribution in [2.75, 3.05) is 20.2 Å². The van der Waals surface area contributed by atoms with Gasteiger partial charge in [0.25, 0.3) is 0 Å². The van der Waals surface area contributed by atoms with Gasteiger partial charge in [-0.3, -0.25) is 4.79 Å². The standard InChI is InChI=1S/C11H15ClN2O4S/c1-3-14(8-6-10(15)18-2)19(16,17)9-5-4-7-13-11(9)12/h4-5,7H,3,6,8H2,1-2H3. The number of halogens is 1. The first-order valence-corrected chi connectivity index (χ1v) is 7.42. The number of carbonyl (C=O) groups excluding carboxylic acids is 1. The maximum absolute atomic E-state index is 12.3. The van der Waals surface area contributed by atoms with E-state index in [9.17, 15) is 13.2 Å². The lowest BCUT2D eigenvalue weighted by Crippen LogP contribution is -2.33. The summed E-state index contributed by atoms with van der Waals surface area (Å²) in [5, 5.41) is -0.0842. The van der Waals surface area contributed by atoms with Crippen LogP contribution in [0, 0.1) is 0 Å². The second-order valence-corrected chi connectivity index (χ2v) is 5.88. The summed E-state index contributed by atoms with van der Waals surface area (Å²) in [4.78, 5) is 14.8. The quantitative estimate of drug-likeness (QED) is 0.585. The first kappa shape index (κ1) is 15.9. The van der Waals surface area contributed by atoms with Crippen LogP contribution in [0.4, 0.5) is 0 Å². The Hall–Kier alpha value is -1.18. The van der Waals surface area contributed by atoms with Gasteiger partial charge in [0.15, 0.2) is 0 Å². The second-order valence-electron chi connectivity index (χ2n) is 3.62. The molecule has 0 unspecified atom stereocenters. The van der Waals surface area contributed by atoms with Gasteiger partial charge in [-0.15, -0.1) is 0 Å². The van der Waals surface area contributed by atoms with Gasteiger partial charge in [-0.25, -0.2) is 13.4 Å². The van der Waals surface area contributed by atoms with Crippen molar-refractivity contribution in [1.82, 2.24) is 9.29 Å². The fourth-order valence-electron chi connectivity index (χ4n) is 1.47. The largest absolute Gasteiger partial charge is 0.469 e. The van der Waals surface area contributed by atoms with Gasteiger partial charge in [0, 0.05) is 19.3 Å². The molecule has 8 heteroatoms. The third-order valence-corrected chi connectivity index (χ3v) is 4.91. The highest BCUT2D eigenvalue weighted by Crippen LogP contribution is 2.22. The molecule has 1 heterocycles. The third kappa shape index (κ3) is 3.89. The fraction of sp³-hybridized carbons (Fsp3) is 0.455. The van der Waals surface area contributed by atoms with Crippen LogP contribution >= 0.6 is 11.6 Å². The molecule has 0 N–H and O–H groups in total. The summed E-state index contributed by atoms with van der Waals surface area (Å²) in [6, 6.07) is 2.87. The summed E-state index contributed by atoms with van der Waals surface area (Å²) in [5.41, 5.74) is 0. The van der Waals surface area contributed by atoms with E-state index < -0.39 is 16.0 Å². The first-order chi connectivity index (χ1) is 8.93. The van der Waals surface area contributed by atoms with Crippen LogP contribution < -0.4 is 0 Å². The molecule has 0 aliphatic carbocycles. The molecule has 0 bridgehead atoms. The highest BCUT2D eigenvalue weighted by Gasteiger charge is 2.26. The van der Waals surface area contributed by atoms with Crippen molar-refractivity contribution in [2.24, 2.45) is 0 Å². The van der Waals surface area contributed by atoms with E-state index in [1.54, 1.807) is 6.92 Å². The van der Waals surface area contributed by atoms with Crippen molar-refractivity contribution in [3.05, 3.63) is 23.5 Å². The summed E-state index contributed by atoms with van der Waals surface area (Å²) in [7, 11) is -2.50. The molecule has 0 radical (unpaired) electrons. The lowest BCUT2D eigenvalue weighted by atomic mass is 10.4. The van der Waals surface area contributed by atoms with E-state index in [1.165, 1.54) is 25.4 Å². The van der Waals surface area contributed by atoms with Crippen molar-refractivity contribution < 1.29 is 17.9 Å². The molecule has 106 valence electrons. The van der Waals surface area contributed by atoms with Gasteiger partial charge in [-0.05, 0) is 12.1 Å². The van der Waals surface area contributed by atoms with E-state index in [0.29, 0.717) is 0 Å². The maximum atomic E-state index is 12.3. The number of rotatable bonds is 6. The SMILES string of the molecule is CCN(CCC(=O)OC)S(=O)(=O)c1cccnc1Cl.